The quantitative estimate of drug-likeness (QED) is 0.713. The highest BCUT2D eigenvalue weighted by Gasteiger charge is 2.12. The molecule has 0 aromatic heterocycles. The maximum Gasteiger partial charge on any atom is 0.127 e. The monoisotopic (exact) mass is 258 g/mol. The molecule has 0 fully saturated rings. The molecule has 0 radical (unpaired) electrons. The number of halogens is 2. The van der Waals surface area contributed by atoms with Crippen LogP contribution in [0.3, 0.4) is 0 Å². The predicted octanol–water partition coefficient (Wildman–Crippen LogP) is 4.84. The highest BCUT2D eigenvalue weighted by atomic mass is 79.9. The fraction of sp³-hybridized carbons (Fsp3) is 0.500. The van der Waals surface area contributed by atoms with Gasteiger partial charge in [-0.25, -0.2) is 4.39 Å². The molecule has 0 heterocycles. The van der Waals surface area contributed by atoms with Crippen LogP contribution in [-0.2, 0) is 0 Å². The van der Waals surface area contributed by atoms with Gasteiger partial charge in [0, 0.05) is 4.47 Å². The summed E-state index contributed by atoms with van der Waals surface area (Å²) in [6.45, 7) is 8.25. The van der Waals surface area contributed by atoms with E-state index in [0.29, 0.717) is 5.92 Å². The topological polar surface area (TPSA) is 0 Å². The van der Waals surface area contributed by atoms with Crippen LogP contribution >= 0.6 is 15.9 Å². The molecule has 1 aromatic rings. The summed E-state index contributed by atoms with van der Waals surface area (Å²) in [4.78, 5) is 0. The molecular weight excluding hydrogens is 243 g/mol. The molecule has 0 unspecified atom stereocenters. The fourth-order valence-electron chi connectivity index (χ4n) is 1.47. The standard InChI is InChI=1S/C12H16BrF/c1-7(2)9-5-10(8(3)4)12(14)6-11(9)13/h5-8H,1-4H3. The molecule has 0 aliphatic rings. The second kappa shape index (κ2) is 4.43. The summed E-state index contributed by atoms with van der Waals surface area (Å²) < 4.78 is 14.4. The van der Waals surface area contributed by atoms with Gasteiger partial charge in [-0.15, -0.1) is 0 Å². The lowest BCUT2D eigenvalue weighted by Crippen LogP contribution is -1.98. The Labute approximate surface area is 93.7 Å². The molecule has 0 bridgehead atoms. The van der Waals surface area contributed by atoms with Crippen LogP contribution in [-0.4, -0.2) is 0 Å². The summed E-state index contributed by atoms with van der Waals surface area (Å²) in [7, 11) is 0. The molecule has 1 rings (SSSR count). The minimum atomic E-state index is -0.115. The van der Waals surface area contributed by atoms with Crippen molar-refractivity contribution in [3.05, 3.63) is 33.5 Å². The average molecular weight is 259 g/mol. The summed E-state index contributed by atoms with van der Waals surface area (Å²) >= 11 is 3.39. The van der Waals surface area contributed by atoms with E-state index in [0.717, 1.165) is 10.0 Å². The number of rotatable bonds is 2. The van der Waals surface area contributed by atoms with Crippen molar-refractivity contribution in [2.24, 2.45) is 0 Å². The van der Waals surface area contributed by atoms with Gasteiger partial charge in [0.1, 0.15) is 5.82 Å². The van der Waals surface area contributed by atoms with Crippen molar-refractivity contribution in [1.29, 1.82) is 0 Å². The van der Waals surface area contributed by atoms with E-state index in [1.165, 1.54) is 5.56 Å². The minimum Gasteiger partial charge on any atom is -0.207 e. The Balaban J connectivity index is 3.27. The zero-order chi connectivity index (χ0) is 10.9. The van der Waals surface area contributed by atoms with E-state index < -0.39 is 0 Å². The zero-order valence-corrected chi connectivity index (χ0v) is 10.7. The third-order valence-corrected chi connectivity index (χ3v) is 3.05. The van der Waals surface area contributed by atoms with Crippen molar-refractivity contribution in [3.63, 3.8) is 0 Å². The molecule has 0 amide bonds. The van der Waals surface area contributed by atoms with Crippen molar-refractivity contribution in [1.82, 2.24) is 0 Å². The second-order valence-electron chi connectivity index (χ2n) is 4.20. The summed E-state index contributed by atoms with van der Waals surface area (Å²) in [5.41, 5.74) is 1.98. The van der Waals surface area contributed by atoms with Gasteiger partial charge in [0.15, 0.2) is 0 Å². The van der Waals surface area contributed by atoms with Crippen LogP contribution in [0, 0.1) is 5.82 Å². The van der Waals surface area contributed by atoms with E-state index in [4.69, 9.17) is 0 Å². The molecule has 1 aromatic carbocycles. The van der Waals surface area contributed by atoms with Crippen molar-refractivity contribution in [2.45, 2.75) is 39.5 Å². The van der Waals surface area contributed by atoms with Crippen molar-refractivity contribution < 1.29 is 4.39 Å². The highest BCUT2D eigenvalue weighted by molar-refractivity contribution is 9.10. The largest absolute Gasteiger partial charge is 0.207 e. The lowest BCUT2D eigenvalue weighted by atomic mass is 9.95. The third-order valence-electron chi connectivity index (χ3n) is 2.36. The molecule has 0 aliphatic heterocycles. The Morgan fingerprint density at radius 1 is 1.00 bits per heavy atom. The molecule has 2 heteroatoms. The van der Waals surface area contributed by atoms with Gasteiger partial charge >= 0.3 is 0 Å². The Hall–Kier alpha value is -0.370. The smallest absolute Gasteiger partial charge is 0.127 e. The first-order valence-electron chi connectivity index (χ1n) is 4.92. The van der Waals surface area contributed by atoms with Crippen LogP contribution in [0.25, 0.3) is 0 Å². The first-order chi connectivity index (χ1) is 6.43. The van der Waals surface area contributed by atoms with Crippen LogP contribution in [0.1, 0.15) is 50.7 Å². The fourth-order valence-corrected chi connectivity index (χ4v) is 2.24. The summed E-state index contributed by atoms with van der Waals surface area (Å²) in [6.07, 6.45) is 0. The molecule has 0 saturated heterocycles. The summed E-state index contributed by atoms with van der Waals surface area (Å²) in [5.74, 6) is 0.541. The molecule has 0 nitrogen and oxygen atoms in total. The van der Waals surface area contributed by atoms with Crippen molar-refractivity contribution in [2.75, 3.05) is 0 Å². The molecular formula is C12H16BrF. The average Bonchev–Trinajstić information content (AvgIpc) is 2.02. The van der Waals surface area contributed by atoms with Crippen LogP contribution in [0.15, 0.2) is 16.6 Å². The van der Waals surface area contributed by atoms with Gasteiger partial charge in [0.05, 0.1) is 0 Å². The first-order valence-corrected chi connectivity index (χ1v) is 5.71. The molecule has 0 aliphatic carbocycles. The molecule has 0 atom stereocenters. The van der Waals surface area contributed by atoms with Crippen LogP contribution in [0.4, 0.5) is 4.39 Å². The number of benzene rings is 1. The van der Waals surface area contributed by atoms with E-state index in [2.05, 4.69) is 29.8 Å². The van der Waals surface area contributed by atoms with E-state index in [9.17, 15) is 4.39 Å². The summed E-state index contributed by atoms with van der Waals surface area (Å²) in [5, 5.41) is 0. The second-order valence-corrected chi connectivity index (χ2v) is 5.06. The predicted molar refractivity (Wildman–Crippen MR) is 62.3 cm³/mol. The van der Waals surface area contributed by atoms with E-state index in [-0.39, 0.29) is 11.7 Å². The van der Waals surface area contributed by atoms with Gasteiger partial charge < -0.3 is 0 Å². The Morgan fingerprint density at radius 3 is 1.93 bits per heavy atom. The first kappa shape index (κ1) is 11.7. The normalized spacial score (nSPS) is 11.4. The van der Waals surface area contributed by atoms with Gasteiger partial charge in [-0.05, 0) is 29.0 Å². The Kier molecular flexibility index (Phi) is 3.71. The highest BCUT2D eigenvalue weighted by Crippen LogP contribution is 2.30. The Morgan fingerprint density at radius 2 is 1.50 bits per heavy atom. The van der Waals surface area contributed by atoms with Gasteiger partial charge in [0.2, 0.25) is 0 Å². The van der Waals surface area contributed by atoms with Crippen LogP contribution in [0.5, 0.6) is 0 Å². The summed E-state index contributed by atoms with van der Waals surface area (Å²) in [6, 6.07) is 3.54. The Bertz CT molecular complexity index is 300. The van der Waals surface area contributed by atoms with E-state index in [1.54, 1.807) is 6.07 Å². The van der Waals surface area contributed by atoms with E-state index in [1.807, 2.05) is 19.9 Å². The zero-order valence-electron chi connectivity index (χ0n) is 9.07. The van der Waals surface area contributed by atoms with Gasteiger partial charge in [-0.2, -0.15) is 0 Å². The van der Waals surface area contributed by atoms with Crippen LogP contribution < -0.4 is 0 Å². The molecule has 0 spiro atoms. The molecule has 78 valence electrons. The van der Waals surface area contributed by atoms with Gasteiger partial charge in [-0.3, -0.25) is 0 Å². The maximum atomic E-state index is 13.5. The third kappa shape index (κ3) is 2.35. The molecule has 0 saturated carbocycles. The van der Waals surface area contributed by atoms with Crippen LogP contribution in [0.2, 0.25) is 0 Å². The SMILES string of the molecule is CC(C)c1cc(C(C)C)c(Br)cc1F. The van der Waals surface area contributed by atoms with Gasteiger partial charge in [0.25, 0.3) is 0 Å². The minimum absolute atomic E-state index is 0.115. The lowest BCUT2D eigenvalue weighted by Gasteiger charge is -2.14. The molecule has 0 N–H and O–H groups in total. The number of hydrogen-bond acceptors (Lipinski definition) is 0. The maximum absolute atomic E-state index is 13.5. The van der Waals surface area contributed by atoms with Crippen molar-refractivity contribution >= 4 is 15.9 Å². The van der Waals surface area contributed by atoms with Crippen molar-refractivity contribution in [3.8, 4) is 0 Å². The number of hydrogen-bond donors (Lipinski definition) is 0. The van der Waals surface area contributed by atoms with Gasteiger partial charge in [-0.1, -0.05) is 49.7 Å². The van der Waals surface area contributed by atoms with E-state index >= 15 is 0 Å². The lowest BCUT2D eigenvalue weighted by molar-refractivity contribution is 0.595. The molecule has 14 heavy (non-hydrogen) atoms.